The smallest absolute Gasteiger partial charge is 0.332 e. The minimum absolute atomic E-state index is 0.0197. The second-order valence-electron chi connectivity index (χ2n) is 17.4. The van der Waals surface area contributed by atoms with Crippen LogP contribution in [0.2, 0.25) is 0 Å². The van der Waals surface area contributed by atoms with Crippen LogP contribution < -0.4 is 21.7 Å². The van der Waals surface area contributed by atoms with Crippen molar-refractivity contribution in [2.45, 2.75) is 153 Å². The van der Waals surface area contributed by atoms with Crippen molar-refractivity contribution < 1.29 is 49.1 Å². The number of carboxylic acids is 1. The van der Waals surface area contributed by atoms with Gasteiger partial charge in [-0.15, -0.1) is 10.2 Å². The number of hydrogen-bond donors (Lipinski definition) is 8. The molecule has 1 aliphatic heterocycles. The zero-order valence-corrected chi connectivity index (χ0v) is 39.6. The van der Waals surface area contributed by atoms with E-state index in [4.69, 9.17) is 25.9 Å². The normalized spacial score (nSPS) is 18.5. The lowest BCUT2D eigenvalue weighted by atomic mass is 9.87. The van der Waals surface area contributed by atoms with Gasteiger partial charge in [-0.2, -0.15) is 5.26 Å². The number of aromatic hydroxyl groups is 1. The number of aliphatic hydroxyl groups excluding tert-OH is 2. The summed E-state index contributed by atoms with van der Waals surface area (Å²) >= 11 is 0. The van der Waals surface area contributed by atoms with Crippen molar-refractivity contribution in [2.75, 3.05) is 13.6 Å². The first kappa shape index (κ1) is 55.0. The number of likely N-dealkylation sites (N-methyl/N-ethyl adjacent to an activating group) is 1. The molecular weight excluding hydrogens is 891 g/mol. The molecule has 2 aromatic heterocycles. The summed E-state index contributed by atoms with van der Waals surface area (Å²) in [5, 5.41) is 70.8. The summed E-state index contributed by atoms with van der Waals surface area (Å²) < 4.78 is 8.50. The molecule has 4 aromatic rings. The number of benzene rings is 2. The Bertz CT molecular complexity index is 2290. The molecule has 69 heavy (non-hydrogen) atoms. The fraction of sp³-hybridized carbons (Fsp3) is 0.542. The molecule has 0 spiro atoms. The van der Waals surface area contributed by atoms with E-state index in [0.29, 0.717) is 58.8 Å². The quantitative estimate of drug-likeness (QED) is 0.0794. The molecule has 21 nitrogen and oxygen atoms in total. The number of hydrogen-bond acceptors (Lipinski definition) is 15. The van der Waals surface area contributed by atoms with E-state index in [1.807, 2.05) is 12.3 Å². The molecule has 9 N–H and O–H groups in total. The molecule has 0 radical (unpaired) electrons. The van der Waals surface area contributed by atoms with E-state index in [0.717, 1.165) is 24.8 Å². The molecule has 374 valence electrons. The van der Waals surface area contributed by atoms with Gasteiger partial charge >= 0.3 is 5.97 Å². The Hall–Kier alpha value is -6.60. The van der Waals surface area contributed by atoms with Crippen LogP contribution in [0.15, 0.2) is 48.8 Å². The fourth-order valence-electron chi connectivity index (χ4n) is 8.18. The maximum atomic E-state index is 12.3. The average Bonchev–Trinajstić information content (AvgIpc) is 4.02. The van der Waals surface area contributed by atoms with Crippen molar-refractivity contribution in [1.29, 1.82) is 5.26 Å². The predicted molar refractivity (Wildman–Crippen MR) is 251 cm³/mol. The second-order valence-corrected chi connectivity index (χ2v) is 17.4. The van der Waals surface area contributed by atoms with Crippen LogP contribution in [0.25, 0.3) is 0 Å². The van der Waals surface area contributed by atoms with Crippen LogP contribution >= 0.6 is 0 Å². The molecule has 21 heteroatoms. The number of ether oxygens (including phenoxy) is 1. The third-order valence-corrected chi connectivity index (χ3v) is 11.9. The van der Waals surface area contributed by atoms with Crippen LogP contribution in [0.1, 0.15) is 138 Å². The molecule has 4 unspecified atom stereocenters. The number of primary amides is 1. The van der Waals surface area contributed by atoms with Crippen LogP contribution in [-0.2, 0) is 38.8 Å². The van der Waals surface area contributed by atoms with Crippen molar-refractivity contribution in [2.24, 2.45) is 5.73 Å². The highest BCUT2D eigenvalue weighted by molar-refractivity contribution is 5.95. The van der Waals surface area contributed by atoms with Gasteiger partial charge in [-0.05, 0) is 101 Å². The molecule has 3 fully saturated rings. The van der Waals surface area contributed by atoms with Gasteiger partial charge in [-0.3, -0.25) is 14.4 Å². The number of aldehydes is 1. The number of aliphatic carboxylic acids is 1. The van der Waals surface area contributed by atoms with Crippen molar-refractivity contribution in [3.8, 4) is 11.8 Å². The third kappa shape index (κ3) is 18.8. The first-order valence-electron chi connectivity index (χ1n) is 23.4. The highest BCUT2D eigenvalue weighted by atomic mass is 16.5. The molecule has 3 amide bonds. The third-order valence-electron chi connectivity index (χ3n) is 11.9. The summed E-state index contributed by atoms with van der Waals surface area (Å²) in [5.74, 6) is -1.47. The highest BCUT2D eigenvalue weighted by Gasteiger charge is 2.35. The molecule has 1 saturated heterocycles. The number of aryl methyl sites for hydroxylation is 2. The number of aliphatic hydroxyl groups is 2. The summed E-state index contributed by atoms with van der Waals surface area (Å²) in [6, 6.07) is 11.5. The van der Waals surface area contributed by atoms with E-state index >= 15 is 0 Å². The van der Waals surface area contributed by atoms with Gasteiger partial charge in [0.1, 0.15) is 24.3 Å². The van der Waals surface area contributed by atoms with Gasteiger partial charge in [0.15, 0.2) is 6.10 Å². The first-order valence-corrected chi connectivity index (χ1v) is 23.4. The zero-order valence-electron chi connectivity index (χ0n) is 39.6. The topological polar surface area (TPSA) is 323 Å². The lowest BCUT2D eigenvalue weighted by molar-refractivity contribution is -0.163. The van der Waals surface area contributed by atoms with Crippen molar-refractivity contribution in [1.82, 2.24) is 45.9 Å². The van der Waals surface area contributed by atoms with Gasteiger partial charge in [0.2, 0.25) is 5.91 Å². The Morgan fingerprint density at radius 1 is 0.899 bits per heavy atom. The minimum Gasteiger partial charge on any atom is -0.507 e. The molecule has 2 aromatic carbocycles. The van der Waals surface area contributed by atoms with Crippen LogP contribution in [0, 0.1) is 25.2 Å². The highest BCUT2D eigenvalue weighted by Crippen LogP contribution is 2.31. The van der Waals surface area contributed by atoms with E-state index in [-0.39, 0.29) is 55.8 Å². The lowest BCUT2D eigenvalue weighted by Crippen LogP contribution is -2.50. The summed E-state index contributed by atoms with van der Waals surface area (Å²) in [7, 11) is 1.77. The number of rotatable bonds is 15. The van der Waals surface area contributed by atoms with Crippen molar-refractivity contribution in [3.63, 3.8) is 0 Å². The van der Waals surface area contributed by atoms with E-state index < -0.39 is 30.2 Å². The van der Waals surface area contributed by atoms with Gasteiger partial charge in [0.05, 0.1) is 54.9 Å². The number of phenolic OH excluding ortho intramolecular Hbond substituents is 1. The van der Waals surface area contributed by atoms with E-state index in [1.54, 1.807) is 55.9 Å². The maximum Gasteiger partial charge on any atom is 0.332 e. The van der Waals surface area contributed by atoms with Crippen LogP contribution in [0.4, 0.5) is 0 Å². The minimum atomic E-state index is -1.00. The lowest BCUT2D eigenvalue weighted by Gasteiger charge is -2.35. The number of nitrogens with one attached hydrogen (secondary N) is 3. The number of carboxylic acid groups (broad SMARTS) is 1. The zero-order chi connectivity index (χ0) is 50.3. The number of nitrogens with two attached hydrogens (primary N) is 1. The number of carbonyl (C=O) groups is 5. The number of nitriles is 1. The number of carbonyl (C=O) groups excluding carboxylic acids is 4. The summed E-state index contributed by atoms with van der Waals surface area (Å²) in [6.07, 6.45) is 15.7. The van der Waals surface area contributed by atoms with Crippen molar-refractivity contribution >= 4 is 30.0 Å². The summed E-state index contributed by atoms with van der Waals surface area (Å²) in [6.45, 7) is 3.86. The summed E-state index contributed by atoms with van der Waals surface area (Å²) in [5.41, 5.74) is 9.01. The summed E-state index contributed by atoms with van der Waals surface area (Å²) in [4.78, 5) is 56.4. The number of aromatic nitrogens is 6. The molecule has 3 heterocycles. The maximum absolute atomic E-state index is 12.3. The fourth-order valence-corrected chi connectivity index (χ4v) is 8.18. The molecule has 0 bridgehead atoms. The number of amides is 3. The van der Waals surface area contributed by atoms with Gasteiger partial charge < -0.3 is 51.6 Å². The molecule has 2 aliphatic carbocycles. The second kappa shape index (κ2) is 28.7. The molecule has 7 rings (SSSR count). The number of nitrogens with zero attached hydrogens (tertiary/aromatic N) is 7. The van der Waals surface area contributed by atoms with Gasteiger partial charge in [0, 0.05) is 42.2 Å². The van der Waals surface area contributed by atoms with E-state index in [2.05, 4.69) is 36.6 Å². The molecular formula is C48H67N11O10. The Morgan fingerprint density at radius 3 is 2.14 bits per heavy atom. The van der Waals surface area contributed by atoms with Crippen molar-refractivity contribution in [3.05, 3.63) is 88.0 Å². The van der Waals surface area contributed by atoms with Crippen LogP contribution in [0.3, 0.4) is 0 Å². The SMILES string of the molecule is CNC1CCC(C(=O)O)OC1CC(O)CNC(=O)c1cc(C)c(O)c(C)c1.N#Cc1cccc(C(=O)NCc2cn(CC(N)=O)nn2)c1.O=CCn1cc(C2CCCCC2)nn1.OC1CCCCC1. The van der Waals surface area contributed by atoms with Gasteiger partial charge in [-0.25, -0.2) is 14.2 Å². The molecule has 4 atom stereocenters. The Balaban J connectivity index is 0.000000218. The molecule has 3 aliphatic rings. The van der Waals surface area contributed by atoms with Gasteiger partial charge in [-0.1, -0.05) is 55.0 Å². The van der Waals surface area contributed by atoms with E-state index in [9.17, 15) is 34.2 Å². The first-order chi connectivity index (χ1) is 33.1. The standard InChI is InChI=1S/C19H28N2O6.C13H12N6O2.C10H15N3O.C6H12O/c1-10-6-12(7-11(2)17(10)23)18(24)21-9-13(22)8-16-14(20-3)4-5-15(27-16)19(25)26;14-5-9-2-1-3-10(4-9)13(21)16-6-11-7-19(18-17-11)8-12(15)20;14-7-6-13-8-10(11-12-13)9-4-2-1-3-5-9;7-6-4-2-1-3-5-6/h6-7,13-16,20,22-23H,4-5,8-9H2,1-3H3,(H,21,24)(H,25,26);1-4,7H,6,8H2,(H2,15,20)(H,16,21);7-9H,1-6H2;6-7H,1-5H2. The Labute approximate surface area is 401 Å². The Kier molecular flexibility index (Phi) is 22.8. The monoisotopic (exact) mass is 958 g/mol. The van der Waals surface area contributed by atoms with Crippen LogP contribution in [-0.4, -0.2) is 124 Å². The average molecular weight is 958 g/mol. The Morgan fingerprint density at radius 2 is 1.55 bits per heavy atom. The predicted octanol–water partition coefficient (Wildman–Crippen LogP) is 3.11. The van der Waals surface area contributed by atoms with Crippen LogP contribution in [0.5, 0.6) is 5.75 Å². The van der Waals surface area contributed by atoms with E-state index in [1.165, 1.54) is 68.3 Å². The largest absolute Gasteiger partial charge is 0.507 e. The number of phenols is 1. The van der Waals surface area contributed by atoms with Gasteiger partial charge in [0.25, 0.3) is 11.8 Å². The molecule has 2 saturated carbocycles.